The number of fused-ring (bicyclic) bond motifs is 3. The maximum atomic E-state index is 13.9. The summed E-state index contributed by atoms with van der Waals surface area (Å²) in [5.41, 5.74) is -1.19. The lowest BCUT2D eigenvalue weighted by atomic mass is 9.89. The molecule has 5 rings (SSSR count). The number of anilines is 1. The molecular formula is C23H28F3N5O3S2. The summed E-state index contributed by atoms with van der Waals surface area (Å²) in [5.74, 6) is 0.247. The first-order valence-electron chi connectivity index (χ1n) is 12.0. The number of sulfonamides is 1. The summed E-state index contributed by atoms with van der Waals surface area (Å²) >= 11 is 1.21. The van der Waals surface area contributed by atoms with E-state index in [2.05, 4.69) is 22.2 Å². The van der Waals surface area contributed by atoms with Crippen molar-refractivity contribution in [3.63, 3.8) is 0 Å². The Kier molecular flexibility index (Phi) is 6.11. The van der Waals surface area contributed by atoms with Gasteiger partial charge in [-0.25, -0.2) is 22.7 Å². The molecule has 5 heterocycles. The lowest BCUT2D eigenvalue weighted by Crippen LogP contribution is -2.42. The monoisotopic (exact) mass is 543 g/mol. The number of alkyl halides is 3. The average molecular weight is 544 g/mol. The van der Waals surface area contributed by atoms with Gasteiger partial charge in [0.1, 0.15) is 5.56 Å². The van der Waals surface area contributed by atoms with E-state index < -0.39 is 27.3 Å². The molecule has 2 aromatic rings. The molecule has 1 N–H and O–H groups in total. The molecule has 0 aliphatic carbocycles. The van der Waals surface area contributed by atoms with Gasteiger partial charge in [0.05, 0.1) is 27.9 Å². The Morgan fingerprint density at radius 2 is 1.97 bits per heavy atom. The fourth-order valence-corrected chi connectivity index (χ4v) is 8.05. The van der Waals surface area contributed by atoms with E-state index in [9.17, 15) is 26.4 Å². The summed E-state index contributed by atoms with van der Waals surface area (Å²) in [6.07, 6.45) is -0.263. The molecule has 13 heteroatoms. The molecule has 0 radical (unpaired) electrons. The van der Waals surface area contributed by atoms with Crippen molar-refractivity contribution in [2.45, 2.75) is 57.3 Å². The van der Waals surface area contributed by atoms with Crippen LogP contribution in [0.1, 0.15) is 60.3 Å². The molecule has 0 spiro atoms. The fraction of sp³-hybridized carbons (Fsp3) is 0.609. The van der Waals surface area contributed by atoms with Gasteiger partial charge in [0.15, 0.2) is 0 Å². The van der Waals surface area contributed by atoms with Crippen LogP contribution in [0, 0.1) is 5.92 Å². The van der Waals surface area contributed by atoms with Crippen LogP contribution in [-0.4, -0.2) is 65.4 Å². The van der Waals surface area contributed by atoms with Gasteiger partial charge in [-0.1, -0.05) is 13.8 Å². The van der Waals surface area contributed by atoms with E-state index in [1.54, 1.807) is 6.07 Å². The van der Waals surface area contributed by atoms with Crippen molar-refractivity contribution in [3.05, 3.63) is 28.3 Å². The Labute approximate surface area is 212 Å². The zero-order valence-corrected chi connectivity index (χ0v) is 21.9. The normalized spacial score (nSPS) is 25.3. The fourth-order valence-electron chi connectivity index (χ4n) is 5.74. The lowest BCUT2D eigenvalue weighted by molar-refractivity contribution is -0.137. The third-order valence-corrected chi connectivity index (χ3v) is 10.1. The second-order valence-corrected chi connectivity index (χ2v) is 13.0. The van der Waals surface area contributed by atoms with Gasteiger partial charge >= 0.3 is 6.18 Å². The van der Waals surface area contributed by atoms with Gasteiger partial charge < -0.3 is 10.2 Å². The molecule has 36 heavy (non-hydrogen) atoms. The van der Waals surface area contributed by atoms with E-state index in [1.165, 1.54) is 15.6 Å². The summed E-state index contributed by atoms with van der Waals surface area (Å²) < 4.78 is 66.7. The van der Waals surface area contributed by atoms with Crippen LogP contribution in [0.3, 0.4) is 0 Å². The number of halogens is 3. The van der Waals surface area contributed by atoms with E-state index in [0.29, 0.717) is 55.3 Å². The van der Waals surface area contributed by atoms with Crippen molar-refractivity contribution in [2.75, 3.05) is 31.2 Å². The highest BCUT2D eigenvalue weighted by molar-refractivity contribution is 7.88. The highest BCUT2D eigenvalue weighted by atomic mass is 32.2. The van der Waals surface area contributed by atoms with Gasteiger partial charge in [-0.05, 0) is 37.7 Å². The zero-order chi connectivity index (χ0) is 26.0. The lowest BCUT2D eigenvalue weighted by Gasteiger charge is -2.31. The van der Waals surface area contributed by atoms with Crippen molar-refractivity contribution in [1.29, 1.82) is 0 Å². The third-order valence-electron chi connectivity index (χ3n) is 7.50. The average Bonchev–Trinajstić information content (AvgIpc) is 3.44. The number of carbonyl (C=O) groups is 1. The highest BCUT2D eigenvalue weighted by Crippen LogP contribution is 2.55. The number of carbonyl (C=O) groups excluding carboxylic acids is 1. The molecule has 1 amide bonds. The first-order valence-corrected chi connectivity index (χ1v) is 14.6. The van der Waals surface area contributed by atoms with Gasteiger partial charge in [0.2, 0.25) is 16.0 Å². The minimum absolute atomic E-state index is 0.0528. The van der Waals surface area contributed by atoms with Gasteiger partial charge in [-0.3, -0.25) is 4.79 Å². The number of nitrogens with one attached hydrogen (secondary N) is 1. The second kappa shape index (κ2) is 8.66. The van der Waals surface area contributed by atoms with Gasteiger partial charge in [0.25, 0.3) is 5.91 Å². The van der Waals surface area contributed by atoms with Crippen LogP contribution in [0.15, 0.2) is 12.3 Å². The number of aromatic nitrogens is 2. The predicted molar refractivity (Wildman–Crippen MR) is 130 cm³/mol. The molecule has 2 saturated heterocycles. The molecule has 8 nitrogen and oxygen atoms in total. The standard InChI is InChI=1S/C23H28F3N5O3S2/c1-4-22-10-13(2)12-31(22)20(32)15-9-17(35-19(15)22)18-16(23(24,25)26)11-27-21(29-18)28-14-5-7-30(8-6-14)36(3,33)34/h9,11,13-14H,4-8,10,12H2,1-3H3,(H,27,28,29). The van der Waals surface area contributed by atoms with Crippen molar-refractivity contribution in [2.24, 2.45) is 5.92 Å². The predicted octanol–water partition coefficient (Wildman–Crippen LogP) is 4.16. The maximum Gasteiger partial charge on any atom is 0.420 e. The topological polar surface area (TPSA) is 95.5 Å². The van der Waals surface area contributed by atoms with Crippen LogP contribution in [0.5, 0.6) is 0 Å². The number of thiophene rings is 1. The SMILES string of the molecule is CCC12CC(C)CN1C(=O)c1cc(-c3nc(NC4CCN(S(C)(=O)=O)CC4)ncc3C(F)(F)F)sc12. The van der Waals surface area contributed by atoms with Crippen LogP contribution in [0.25, 0.3) is 10.6 Å². The number of amides is 1. The molecule has 3 aliphatic heterocycles. The van der Waals surface area contributed by atoms with E-state index >= 15 is 0 Å². The number of nitrogens with zero attached hydrogens (tertiary/aromatic N) is 4. The minimum Gasteiger partial charge on any atom is -0.351 e. The smallest absolute Gasteiger partial charge is 0.351 e. The second-order valence-electron chi connectivity index (χ2n) is 10.00. The van der Waals surface area contributed by atoms with Crippen molar-refractivity contribution in [1.82, 2.24) is 19.2 Å². The Balaban J connectivity index is 1.48. The Bertz CT molecular complexity index is 1300. The van der Waals surface area contributed by atoms with E-state index in [1.807, 2.05) is 11.8 Å². The highest BCUT2D eigenvalue weighted by Gasteiger charge is 2.55. The zero-order valence-electron chi connectivity index (χ0n) is 20.2. The third kappa shape index (κ3) is 4.18. The van der Waals surface area contributed by atoms with Crippen LogP contribution < -0.4 is 5.32 Å². The number of piperidine rings is 1. The largest absolute Gasteiger partial charge is 0.420 e. The Hall–Kier alpha value is -2.25. The number of hydrogen-bond acceptors (Lipinski definition) is 7. The molecule has 0 bridgehead atoms. The minimum atomic E-state index is -4.66. The molecule has 2 atom stereocenters. The maximum absolute atomic E-state index is 13.9. The molecule has 2 aromatic heterocycles. The van der Waals surface area contributed by atoms with E-state index in [0.717, 1.165) is 23.8 Å². The quantitative estimate of drug-likeness (QED) is 0.609. The van der Waals surface area contributed by atoms with Crippen molar-refractivity contribution >= 4 is 33.2 Å². The van der Waals surface area contributed by atoms with E-state index in [4.69, 9.17) is 0 Å². The first-order chi connectivity index (χ1) is 16.8. The van der Waals surface area contributed by atoms with E-state index in [-0.39, 0.29) is 23.6 Å². The molecule has 2 fully saturated rings. The molecule has 0 aromatic carbocycles. The van der Waals surface area contributed by atoms with Crippen LogP contribution in [0.4, 0.5) is 19.1 Å². The molecule has 2 unspecified atom stereocenters. The number of hydrogen-bond donors (Lipinski definition) is 1. The number of rotatable bonds is 5. The van der Waals surface area contributed by atoms with Crippen LogP contribution in [-0.2, 0) is 21.7 Å². The van der Waals surface area contributed by atoms with Gasteiger partial charge in [0, 0.05) is 36.8 Å². The first kappa shape index (κ1) is 25.4. The Morgan fingerprint density at radius 3 is 2.58 bits per heavy atom. The summed E-state index contributed by atoms with van der Waals surface area (Å²) in [5, 5.41) is 3.08. The summed E-state index contributed by atoms with van der Waals surface area (Å²) in [6, 6.07) is 1.38. The molecular weight excluding hydrogens is 515 g/mol. The van der Waals surface area contributed by atoms with Crippen molar-refractivity contribution in [3.8, 4) is 10.6 Å². The summed E-state index contributed by atoms with van der Waals surface area (Å²) in [6.45, 7) is 5.38. The summed E-state index contributed by atoms with van der Waals surface area (Å²) in [7, 11) is -3.29. The molecule has 0 saturated carbocycles. The molecule has 196 valence electrons. The van der Waals surface area contributed by atoms with Crippen molar-refractivity contribution < 1.29 is 26.4 Å². The Morgan fingerprint density at radius 1 is 1.28 bits per heavy atom. The summed E-state index contributed by atoms with van der Waals surface area (Å²) in [4.78, 5) is 24.3. The van der Waals surface area contributed by atoms with Gasteiger partial charge in [-0.2, -0.15) is 13.2 Å². The van der Waals surface area contributed by atoms with Gasteiger partial charge in [-0.15, -0.1) is 11.3 Å². The van der Waals surface area contributed by atoms with Crippen LogP contribution in [0.2, 0.25) is 0 Å². The van der Waals surface area contributed by atoms with Crippen LogP contribution >= 0.6 is 11.3 Å². The molecule has 3 aliphatic rings.